The summed E-state index contributed by atoms with van der Waals surface area (Å²) >= 11 is 5.83. The van der Waals surface area contributed by atoms with Gasteiger partial charge in [0.15, 0.2) is 11.5 Å². The maximum atomic E-state index is 14.7. The number of nitrogens with zero attached hydrogens (tertiary/aromatic N) is 1. The summed E-state index contributed by atoms with van der Waals surface area (Å²) in [5.41, 5.74) is -8.34. The first kappa shape index (κ1) is 34.4. The van der Waals surface area contributed by atoms with Crippen LogP contribution in [-0.2, 0) is 5.67 Å². The number of hydrogen-bond donors (Lipinski definition) is 1. The van der Waals surface area contributed by atoms with Crippen molar-refractivity contribution in [1.29, 1.82) is 0 Å². The Morgan fingerprint density at radius 1 is 0.955 bits per heavy atom. The number of halogens is 10. The number of para-hydroxylation sites is 1. The summed E-state index contributed by atoms with van der Waals surface area (Å²) in [4.78, 5) is 27.8. The molecule has 0 saturated carbocycles. The van der Waals surface area contributed by atoms with Gasteiger partial charge < -0.3 is 19.7 Å². The molecule has 0 unspecified atom stereocenters. The monoisotopic (exact) mass is 656 g/mol. The maximum absolute atomic E-state index is 14.7. The van der Waals surface area contributed by atoms with E-state index in [4.69, 9.17) is 16.3 Å². The second-order valence-electron chi connectivity index (χ2n) is 9.09. The van der Waals surface area contributed by atoms with Crippen LogP contribution in [0.3, 0.4) is 0 Å². The van der Waals surface area contributed by atoms with E-state index in [1.807, 2.05) is 12.2 Å². The molecule has 238 valence electrons. The number of rotatable bonds is 9. The van der Waals surface area contributed by atoms with Crippen LogP contribution in [0.4, 0.5) is 50.9 Å². The number of ether oxygens (including phenoxy) is 2. The van der Waals surface area contributed by atoms with Crippen LogP contribution in [0.5, 0.6) is 11.5 Å². The molecule has 2 amide bonds. The zero-order valence-electron chi connectivity index (χ0n) is 22.8. The van der Waals surface area contributed by atoms with Gasteiger partial charge in [-0.25, -0.2) is 4.39 Å². The van der Waals surface area contributed by atoms with Gasteiger partial charge in [0.05, 0.1) is 23.4 Å². The summed E-state index contributed by atoms with van der Waals surface area (Å²) in [6, 6.07) is 10.0. The molecule has 0 saturated heterocycles. The molecule has 0 atom stereocenters. The minimum Gasteiger partial charge on any atom is -0.494 e. The number of nitrogens with one attached hydrogen (secondary N) is 1. The highest BCUT2D eigenvalue weighted by atomic mass is 35.5. The predicted molar refractivity (Wildman–Crippen MR) is 142 cm³/mol. The van der Waals surface area contributed by atoms with Gasteiger partial charge in [0, 0.05) is 17.7 Å². The fourth-order valence-corrected chi connectivity index (χ4v) is 4.42. The van der Waals surface area contributed by atoms with Crippen molar-refractivity contribution < 1.29 is 58.6 Å². The molecule has 0 aliphatic rings. The topological polar surface area (TPSA) is 67.9 Å². The van der Waals surface area contributed by atoms with E-state index in [0.29, 0.717) is 0 Å². The fraction of sp³-hybridized carbons (Fsp3) is 0.286. The van der Waals surface area contributed by atoms with Gasteiger partial charge in [-0.15, -0.1) is 0 Å². The molecule has 0 radical (unpaired) electrons. The second-order valence-corrected chi connectivity index (χ2v) is 9.50. The van der Waals surface area contributed by atoms with Crippen molar-refractivity contribution in [1.82, 2.24) is 0 Å². The smallest absolute Gasteiger partial charge is 0.435 e. The second kappa shape index (κ2) is 12.8. The molecule has 3 rings (SSSR count). The van der Waals surface area contributed by atoms with E-state index in [2.05, 4.69) is 4.74 Å². The molecule has 6 nitrogen and oxygen atoms in total. The molecule has 0 bridgehead atoms. The highest BCUT2D eigenvalue weighted by Gasteiger charge is 2.73. The summed E-state index contributed by atoms with van der Waals surface area (Å²) < 4.78 is 130. The number of methoxy groups -OCH3 is 1. The van der Waals surface area contributed by atoms with Crippen molar-refractivity contribution in [2.24, 2.45) is 0 Å². The van der Waals surface area contributed by atoms with E-state index in [1.165, 1.54) is 17.0 Å². The Kier molecular flexibility index (Phi) is 10.0. The molecule has 3 aromatic rings. The summed E-state index contributed by atoms with van der Waals surface area (Å²) in [6.45, 7) is -0.321. The van der Waals surface area contributed by atoms with E-state index < -0.39 is 58.5 Å². The Balaban J connectivity index is 2.11. The van der Waals surface area contributed by atoms with Gasteiger partial charge in [-0.2, -0.15) is 35.1 Å². The standard InChI is InChI=1S/C28H22ClF9N2O4/c1-4-40(24(42)15-10-8-14(2)9-11-15)19-7-5-6-17(22(19)43-3)23(41)39-21-18(29)12-16(13-20(21)44-25(30)31)26(32,27(33,34)35)28(36,37)38/h5-13,25H,4H2,1-3H3,(H,39,41). The summed E-state index contributed by atoms with van der Waals surface area (Å²) in [7, 11) is 1.14. The number of carbonyl (C=O) groups is 2. The number of alkyl halides is 9. The molecule has 0 heterocycles. The minimum absolute atomic E-state index is 0.0799. The first-order chi connectivity index (χ1) is 20.4. The lowest BCUT2D eigenvalue weighted by atomic mass is 9.93. The predicted octanol–water partition coefficient (Wildman–Crippen LogP) is 8.47. The van der Waals surface area contributed by atoms with Crippen LogP contribution in [0.25, 0.3) is 0 Å². The Labute approximate surface area is 249 Å². The van der Waals surface area contributed by atoms with Gasteiger partial charge in [0.2, 0.25) is 0 Å². The number of aryl methyl sites for hydroxylation is 1. The molecule has 16 heteroatoms. The van der Waals surface area contributed by atoms with Gasteiger partial charge in [-0.05, 0) is 50.2 Å². The van der Waals surface area contributed by atoms with E-state index in [9.17, 15) is 49.1 Å². The number of amides is 2. The maximum Gasteiger partial charge on any atom is 0.435 e. The third-order valence-corrected chi connectivity index (χ3v) is 6.58. The van der Waals surface area contributed by atoms with Gasteiger partial charge in [-0.3, -0.25) is 9.59 Å². The number of benzene rings is 3. The zero-order chi connectivity index (χ0) is 33.2. The van der Waals surface area contributed by atoms with Crippen LogP contribution < -0.4 is 19.7 Å². The molecular weight excluding hydrogens is 635 g/mol. The normalized spacial score (nSPS) is 12.2. The molecule has 0 fully saturated rings. The third kappa shape index (κ3) is 6.66. The van der Waals surface area contributed by atoms with Crippen LogP contribution in [0, 0.1) is 6.92 Å². The average molecular weight is 657 g/mol. The van der Waals surface area contributed by atoms with E-state index in [0.717, 1.165) is 18.7 Å². The summed E-state index contributed by atoms with van der Waals surface area (Å²) in [5.74, 6) is -3.41. The van der Waals surface area contributed by atoms with Crippen molar-refractivity contribution in [3.05, 3.63) is 81.9 Å². The highest BCUT2D eigenvalue weighted by molar-refractivity contribution is 6.34. The highest BCUT2D eigenvalue weighted by Crippen LogP contribution is 2.55. The van der Waals surface area contributed by atoms with Crippen molar-refractivity contribution >= 4 is 34.8 Å². The van der Waals surface area contributed by atoms with Crippen molar-refractivity contribution in [2.45, 2.75) is 38.5 Å². The minimum atomic E-state index is -6.59. The van der Waals surface area contributed by atoms with Crippen molar-refractivity contribution in [3.63, 3.8) is 0 Å². The van der Waals surface area contributed by atoms with Gasteiger partial charge in [0.1, 0.15) is 5.69 Å². The average Bonchev–Trinajstić information content (AvgIpc) is 2.93. The largest absolute Gasteiger partial charge is 0.494 e. The molecule has 0 spiro atoms. The Hall–Kier alpha value is -4.14. The molecule has 3 aromatic carbocycles. The Morgan fingerprint density at radius 2 is 1.55 bits per heavy atom. The quantitative estimate of drug-likeness (QED) is 0.235. The summed E-state index contributed by atoms with van der Waals surface area (Å²) in [5, 5.41) is 0.792. The van der Waals surface area contributed by atoms with E-state index >= 15 is 0 Å². The fourth-order valence-electron chi connectivity index (χ4n) is 4.17. The Bertz CT molecular complexity index is 1510. The van der Waals surface area contributed by atoms with Crippen LogP contribution in [0.1, 0.15) is 38.8 Å². The van der Waals surface area contributed by atoms with E-state index in [1.54, 1.807) is 31.2 Å². The van der Waals surface area contributed by atoms with Crippen LogP contribution in [0.2, 0.25) is 5.02 Å². The van der Waals surface area contributed by atoms with Crippen molar-refractivity contribution in [3.8, 4) is 11.5 Å². The van der Waals surface area contributed by atoms with E-state index in [-0.39, 0.29) is 41.2 Å². The lowest BCUT2D eigenvalue weighted by molar-refractivity contribution is -0.348. The zero-order valence-corrected chi connectivity index (χ0v) is 23.6. The third-order valence-electron chi connectivity index (χ3n) is 6.28. The number of anilines is 2. The van der Waals surface area contributed by atoms with Gasteiger partial charge in [-0.1, -0.05) is 35.4 Å². The van der Waals surface area contributed by atoms with Crippen molar-refractivity contribution in [2.75, 3.05) is 23.9 Å². The first-order valence-electron chi connectivity index (χ1n) is 12.3. The lowest BCUT2D eigenvalue weighted by Gasteiger charge is -2.31. The van der Waals surface area contributed by atoms with Crippen LogP contribution in [0.15, 0.2) is 54.6 Å². The molecule has 0 aliphatic carbocycles. The molecular formula is C28H22ClF9N2O4. The molecule has 0 aliphatic heterocycles. The number of hydrogen-bond acceptors (Lipinski definition) is 4. The van der Waals surface area contributed by atoms with Gasteiger partial charge in [0.25, 0.3) is 11.8 Å². The van der Waals surface area contributed by atoms with Crippen LogP contribution >= 0.6 is 11.6 Å². The molecule has 0 aromatic heterocycles. The van der Waals surface area contributed by atoms with Gasteiger partial charge >= 0.3 is 24.6 Å². The SMILES string of the molecule is CCN(C(=O)c1ccc(C)cc1)c1cccc(C(=O)Nc2c(Cl)cc(C(F)(C(F)(F)F)C(F)(F)F)cc2OC(F)F)c1OC. The lowest BCUT2D eigenvalue weighted by Crippen LogP contribution is -2.50. The Morgan fingerprint density at radius 3 is 2.05 bits per heavy atom. The molecule has 1 N–H and O–H groups in total. The first-order valence-corrected chi connectivity index (χ1v) is 12.7. The number of carbonyl (C=O) groups excluding carboxylic acids is 2. The summed E-state index contributed by atoms with van der Waals surface area (Å²) in [6.07, 6.45) is -13.2. The molecule has 44 heavy (non-hydrogen) atoms. The van der Waals surface area contributed by atoms with Crippen LogP contribution in [-0.4, -0.2) is 44.4 Å².